The molecule has 1 saturated carbocycles. The van der Waals surface area contributed by atoms with Crippen molar-refractivity contribution in [1.82, 2.24) is 0 Å². The highest BCUT2D eigenvalue weighted by Crippen LogP contribution is 2.29. The number of amides is 1. The van der Waals surface area contributed by atoms with Crippen molar-refractivity contribution in [2.24, 2.45) is 5.92 Å². The Morgan fingerprint density at radius 1 is 1.18 bits per heavy atom. The predicted octanol–water partition coefficient (Wildman–Crippen LogP) is 4.50. The van der Waals surface area contributed by atoms with Gasteiger partial charge in [0.1, 0.15) is 0 Å². The van der Waals surface area contributed by atoms with Gasteiger partial charge in [-0.05, 0) is 55.9 Å². The molecular formula is C19H28N2O. The molecule has 3 nitrogen and oxygen atoms in total. The number of nitrogens with one attached hydrogen (secondary N) is 1. The van der Waals surface area contributed by atoms with Crippen LogP contribution < -0.4 is 10.2 Å². The van der Waals surface area contributed by atoms with Crippen molar-refractivity contribution in [3.63, 3.8) is 0 Å². The summed E-state index contributed by atoms with van der Waals surface area (Å²) in [5.41, 5.74) is 3.43. The lowest BCUT2D eigenvalue weighted by atomic mass is 10.0. The molecule has 1 amide bonds. The number of aryl methyl sites for hydroxylation is 1. The van der Waals surface area contributed by atoms with Gasteiger partial charge in [0.25, 0.3) is 0 Å². The van der Waals surface area contributed by atoms with Gasteiger partial charge < -0.3 is 10.2 Å². The summed E-state index contributed by atoms with van der Waals surface area (Å²) in [7, 11) is 0. The van der Waals surface area contributed by atoms with Crippen LogP contribution in [0.1, 0.15) is 56.9 Å². The van der Waals surface area contributed by atoms with Gasteiger partial charge >= 0.3 is 0 Å². The zero-order valence-electron chi connectivity index (χ0n) is 13.7. The molecule has 2 aliphatic rings. The van der Waals surface area contributed by atoms with E-state index >= 15 is 0 Å². The fraction of sp³-hybridized carbons (Fsp3) is 0.632. The van der Waals surface area contributed by atoms with E-state index in [1.165, 1.54) is 49.8 Å². The second-order valence-corrected chi connectivity index (χ2v) is 6.93. The van der Waals surface area contributed by atoms with Gasteiger partial charge in [-0.1, -0.05) is 25.7 Å². The Kier molecular flexibility index (Phi) is 5.01. The molecule has 22 heavy (non-hydrogen) atoms. The van der Waals surface area contributed by atoms with Crippen LogP contribution in [0.2, 0.25) is 0 Å². The van der Waals surface area contributed by atoms with Crippen LogP contribution in [0.15, 0.2) is 18.2 Å². The van der Waals surface area contributed by atoms with E-state index in [-0.39, 0.29) is 5.91 Å². The third-order valence-electron chi connectivity index (χ3n) is 5.21. The van der Waals surface area contributed by atoms with E-state index in [1.54, 1.807) is 0 Å². The number of carbonyl (C=O) groups excluding carboxylic acids is 1. The lowest BCUT2D eigenvalue weighted by Gasteiger charge is -2.19. The Morgan fingerprint density at radius 2 is 1.91 bits per heavy atom. The van der Waals surface area contributed by atoms with Crippen molar-refractivity contribution in [3.05, 3.63) is 23.8 Å². The third-order valence-corrected chi connectivity index (χ3v) is 5.21. The molecule has 2 fully saturated rings. The fourth-order valence-electron chi connectivity index (χ4n) is 3.81. The second-order valence-electron chi connectivity index (χ2n) is 6.93. The van der Waals surface area contributed by atoms with Crippen LogP contribution in [0.3, 0.4) is 0 Å². The lowest BCUT2D eigenvalue weighted by molar-refractivity contribution is -0.116. The fourth-order valence-corrected chi connectivity index (χ4v) is 3.81. The zero-order chi connectivity index (χ0) is 15.4. The maximum atomic E-state index is 12.1. The van der Waals surface area contributed by atoms with Gasteiger partial charge in [0.2, 0.25) is 5.91 Å². The number of benzene rings is 1. The highest BCUT2D eigenvalue weighted by molar-refractivity contribution is 5.91. The summed E-state index contributed by atoms with van der Waals surface area (Å²) in [5, 5.41) is 3.09. The van der Waals surface area contributed by atoms with E-state index in [9.17, 15) is 4.79 Å². The summed E-state index contributed by atoms with van der Waals surface area (Å²) < 4.78 is 0. The van der Waals surface area contributed by atoms with E-state index in [0.29, 0.717) is 6.42 Å². The number of anilines is 2. The summed E-state index contributed by atoms with van der Waals surface area (Å²) in [6.07, 6.45) is 9.63. The van der Waals surface area contributed by atoms with Crippen molar-refractivity contribution in [2.75, 3.05) is 23.3 Å². The Balaban J connectivity index is 1.53. The van der Waals surface area contributed by atoms with E-state index in [0.717, 1.165) is 31.1 Å². The first-order chi connectivity index (χ1) is 10.7. The van der Waals surface area contributed by atoms with Gasteiger partial charge in [0.05, 0.1) is 0 Å². The maximum Gasteiger partial charge on any atom is 0.224 e. The van der Waals surface area contributed by atoms with E-state index in [2.05, 4.69) is 35.3 Å². The number of nitrogens with zero attached hydrogens (tertiary/aromatic N) is 1. The van der Waals surface area contributed by atoms with Gasteiger partial charge in [-0.3, -0.25) is 4.79 Å². The average molecular weight is 300 g/mol. The van der Waals surface area contributed by atoms with Crippen LogP contribution in [-0.2, 0) is 4.79 Å². The smallest absolute Gasteiger partial charge is 0.224 e. The highest BCUT2D eigenvalue weighted by atomic mass is 16.1. The quantitative estimate of drug-likeness (QED) is 0.868. The van der Waals surface area contributed by atoms with Crippen LogP contribution in [0.25, 0.3) is 0 Å². The molecule has 1 aromatic carbocycles. The lowest BCUT2D eigenvalue weighted by Crippen LogP contribution is -2.18. The van der Waals surface area contributed by atoms with Gasteiger partial charge in [-0.15, -0.1) is 0 Å². The molecule has 120 valence electrons. The second kappa shape index (κ2) is 7.17. The van der Waals surface area contributed by atoms with E-state index in [4.69, 9.17) is 0 Å². The Hall–Kier alpha value is -1.51. The minimum absolute atomic E-state index is 0.170. The van der Waals surface area contributed by atoms with Gasteiger partial charge in [0.15, 0.2) is 0 Å². The van der Waals surface area contributed by atoms with Crippen LogP contribution in [0.5, 0.6) is 0 Å². The normalized spacial score (nSPS) is 18.9. The number of hydrogen-bond donors (Lipinski definition) is 1. The van der Waals surface area contributed by atoms with Gasteiger partial charge in [-0.25, -0.2) is 0 Å². The number of carbonyl (C=O) groups is 1. The van der Waals surface area contributed by atoms with E-state index < -0.39 is 0 Å². The summed E-state index contributed by atoms with van der Waals surface area (Å²) >= 11 is 0. The summed E-state index contributed by atoms with van der Waals surface area (Å²) in [5.74, 6) is 0.952. The van der Waals surface area contributed by atoms with Gasteiger partial charge in [0, 0.05) is 30.9 Å². The number of rotatable bonds is 5. The molecule has 1 aliphatic carbocycles. The van der Waals surface area contributed by atoms with Crippen LogP contribution in [0.4, 0.5) is 11.4 Å². The molecule has 3 rings (SSSR count). The molecule has 0 bridgehead atoms. The first kappa shape index (κ1) is 15.4. The monoisotopic (exact) mass is 300 g/mol. The van der Waals surface area contributed by atoms with Crippen LogP contribution in [0, 0.1) is 12.8 Å². The molecule has 1 saturated heterocycles. The van der Waals surface area contributed by atoms with Crippen molar-refractivity contribution >= 4 is 17.3 Å². The van der Waals surface area contributed by atoms with Crippen LogP contribution >= 0.6 is 0 Å². The summed E-state index contributed by atoms with van der Waals surface area (Å²) in [6.45, 7) is 4.41. The molecule has 0 spiro atoms. The Bertz CT molecular complexity index is 514. The first-order valence-corrected chi connectivity index (χ1v) is 8.88. The minimum Gasteiger partial charge on any atom is -0.372 e. The molecular weight excluding hydrogens is 272 g/mol. The molecule has 1 N–H and O–H groups in total. The van der Waals surface area contributed by atoms with Crippen molar-refractivity contribution in [3.8, 4) is 0 Å². The maximum absolute atomic E-state index is 12.1. The molecule has 1 aromatic rings. The van der Waals surface area contributed by atoms with Gasteiger partial charge in [-0.2, -0.15) is 0 Å². The predicted molar refractivity (Wildman–Crippen MR) is 92.4 cm³/mol. The van der Waals surface area contributed by atoms with Crippen molar-refractivity contribution in [1.29, 1.82) is 0 Å². The molecule has 0 aromatic heterocycles. The minimum atomic E-state index is 0.170. The molecule has 0 atom stereocenters. The number of hydrogen-bond acceptors (Lipinski definition) is 2. The molecule has 0 radical (unpaired) electrons. The average Bonchev–Trinajstić information content (AvgIpc) is 3.20. The zero-order valence-corrected chi connectivity index (χ0v) is 13.7. The van der Waals surface area contributed by atoms with Crippen LogP contribution in [-0.4, -0.2) is 19.0 Å². The summed E-state index contributed by atoms with van der Waals surface area (Å²) in [4.78, 5) is 14.6. The molecule has 3 heteroatoms. The van der Waals surface area contributed by atoms with Crippen molar-refractivity contribution < 1.29 is 4.79 Å². The Morgan fingerprint density at radius 3 is 2.59 bits per heavy atom. The molecule has 1 aliphatic heterocycles. The first-order valence-electron chi connectivity index (χ1n) is 8.88. The molecule has 1 heterocycles. The topological polar surface area (TPSA) is 32.3 Å². The third kappa shape index (κ3) is 3.82. The van der Waals surface area contributed by atoms with E-state index in [1.807, 2.05) is 0 Å². The summed E-state index contributed by atoms with van der Waals surface area (Å²) in [6, 6.07) is 6.42. The Labute approximate surface area is 134 Å². The largest absolute Gasteiger partial charge is 0.372 e. The SMILES string of the molecule is Cc1cc(N2CCCC2)ccc1NC(=O)CCC1CCCC1. The standard InChI is InChI=1S/C19H28N2O/c1-15-14-17(21-12-4-5-13-21)9-10-18(15)20-19(22)11-8-16-6-2-3-7-16/h9-10,14,16H,2-8,11-13H2,1H3,(H,20,22). The van der Waals surface area contributed by atoms with Crippen molar-refractivity contribution in [2.45, 2.75) is 58.3 Å². The highest BCUT2D eigenvalue weighted by Gasteiger charge is 2.17. The molecule has 0 unspecified atom stereocenters.